The molecule has 2 aromatic rings. The van der Waals surface area contributed by atoms with Gasteiger partial charge in [0.1, 0.15) is 11.6 Å². The van der Waals surface area contributed by atoms with Crippen LogP contribution in [0.15, 0.2) is 24.3 Å². The zero-order valence-electron chi connectivity index (χ0n) is 15.9. The Morgan fingerprint density at radius 2 is 1.96 bits per heavy atom. The molecule has 0 aliphatic carbocycles. The zero-order valence-corrected chi connectivity index (χ0v) is 16.7. The Morgan fingerprint density at radius 1 is 1.19 bits per heavy atom. The monoisotopic (exact) mass is 385 g/mol. The van der Waals surface area contributed by atoms with Crippen molar-refractivity contribution < 1.29 is 4.79 Å². The Bertz CT molecular complexity index is 780. The SMILES string of the molecule is CCSCc1ccc(C(=O)N2CCC(c3nnc4n3CCNC4)CC2)cc1. The van der Waals surface area contributed by atoms with Gasteiger partial charge >= 0.3 is 0 Å². The fraction of sp³-hybridized carbons (Fsp3) is 0.550. The van der Waals surface area contributed by atoms with E-state index in [1.807, 2.05) is 28.8 Å². The van der Waals surface area contributed by atoms with Crippen LogP contribution in [0.3, 0.4) is 0 Å². The summed E-state index contributed by atoms with van der Waals surface area (Å²) in [6.07, 6.45) is 1.92. The van der Waals surface area contributed by atoms with Gasteiger partial charge in [-0.15, -0.1) is 10.2 Å². The van der Waals surface area contributed by atoms with E-state index in [-0.39, 0.29) is 5.91 Å². The van der Waals surface area contributed by atoms with E-state index in [9.17, 15) is 4.79 Å². The molecule has 7 heteroatoms. The van der Waals surface area contributed by atoms with Crippen LogP contribution < -0.4 is 5.32 Å². The van der Waals surface area contributed by atoms with Crippen molar-refractivity contribution in [2.45, 2.75) is 44.5 Å². The van der Waals surface area contributed by atoms with E-state index in [2.05, 4.69) is 39.1 Å². The Hall–Kier alpha value is -1.86. The Morgan fingerprint density at radius 3 is 2.70 bits per heavy atom. The van der Waals surface area contributed by atoms with E-state index >= 15 is 0 Å². The molecule has 6 nitrogen and oxygen atoms in total. The highest BCUT2D eigenvalue weighted by Crippen LogP contribution is 2.28. The smallest absolute Gasteiger partial charge is 0.253 e. The van der Waals surface area contributed by atoms with Crippen LogP contribution in [0.5, 0.6) is 0 Å². The second-order valence-corrected chi connectivity index (χ2v) is 8.48. The summed E-state index contributed by atoms with van der Waals surface area (Å²) < 4.78 is 2.27. The third kappa shape index (κ3) is 4.04. The van der Waals surface area contributed by atoms with Crippen LogP contribution in [0, 0.1) is 0 Å². The van der Waals surface area contributed by atoms with Gasteiger partial charge in [0.2, 0.25) is 0 Å². The number of nitrogens with zero attached hydrogens (tertiary/aromatic N) is 4. The molecule has 0 atom stereocenters. The van der Waals surface area contributed by atoms with Gasteiger partial charge in [-0.25, -0.2) is 0 Å². The van der Waals surface area contributed by atoms with Crippen molar-refractivity contribution in [1.29, 1.82) is 0 Å². The minimum Gasteiger partial charge on any atom is -0.339 e. The normalized spacial score (nSPS) is 17.7. The summed E-state index contributed by atoms with van der Waals surface area (Å²) in [5, 5.41) is 12.1. The van der Waals surface area contributed by atoms with Gasteiger partial charge in [0.25, 0.3) is 5.91 Å². The molecule has 3 heterocycles. The molecule has 2 aliphatic rings. The highest BCUT2D eigenvalue weighted by molar-refractivity contribution is 7.98. The molecule has 144 valence electrons. The van der Waals surface area contributed by atoms with E-state index < -0.39 is 0 Å². The average Bonchev–Trinajstić information content (AvgIpc) is 3.16. The predicted molar refractivity (Wildman–Crippen MR) is 108 cm³/mol. The van der Waals surface area contributed by atoms with E-state index in [0.717, 1.165) is 74.3 Å². The molecule has 0 bridgehead atoms. The van der Waals surface area contributed by atoms with Crippen LogP contribution in [0.25, 0.3) is 0 Å². The van der Waals surface area contributed by atoms with Crippen LogP contribution >= 0.6 is 11.8 Å². The van der Waals surface area contributed by atoms with E-state index in [1.165, 1.54) is 5.56 Å². The third-order valence-electron chi connectivity index (χ3n) is 5.47. The third-order valence-corrected chi connectivity index (χ3v) is 6.42. The molecule has 0 spiro atoms. The maximum atomic E-state index is 12.8. The summed E-state index contributed by atoms with van der Waals surface area (Å²) in [7, 11) is 0. The van der Waals surface area contributed by atoms with Crippen molar-refractivity contribution >= 4 is 17.7 Å². The Kier molecular flexibility index (Phi) is 5.78. The molecule has 1 aromatic carbocycles. The number of carbonyl (C=O) groups excluding carboxylic acids is 1. The molecule has 0 saturated carbocycles. The standard InChI is InChI=1S/C20H27N5OS/c1-2-27-14-15-3-5-17(6-4-15)20(26)24-10-7-16(8-11-24)19-23-22-18-13-21-9-12-25(18)19/h3-6,16,21H,2,7-14H2,1H3. The molecule has 1 aromatic heterocycles. The fourth-order valence-corrected chi connectivity index (χ4v) is 4.54. The summed E-state index contributed by atoms with van der Waals surface area (Å²) in [4.78, 5) is 14.8. The van der Waals surface area contributed by atoms with Crippen LogP contribution in [0.2, 0.25) is 0 Å². The van der Waals surface area contributed by atoms with Crippen LogP contribution in [-0.4, -0.2) is 51.0 Å². The first-order valence-electron chi connectivity index (χ1n) is 9.85. The van der Waals surface area contributed by atoms with Gasteiger partial charge in [-0.1, -0.05) is 19.1 Å². The first-order chi connectivity index (χ1) is 13.3. The van der Waals surface area contributed by atoms with Crippen molar-refractivity contribution in [3.05, 3.63) is 47.0 Å². The van der Waals surface area contributed by atoms with Crippen molar-refractivity contribution in [3.63, 3.8) is 0 Å². The molecule has 2 aliphatic heterocycles. The number of carbonyl (C=O) groups is 1. The molecule has 4 rings (SSSR count). The number of aromatic nitrogens is 3. The summed E-state index contributed by atoms with van der Waals surface area (Å²) in [6, 6.07) is 8.11. The van der Waals surface area contributed by atoms with Crippen molar-refractivity contribution in [1.82, 2.24) is 25.0 Å². The number of amides is 1. The molecule has 27 heavy (non-hydrogen) atoms. The van der Waals surface area contributed by atoms with Crippen molar-refractivity contribution in [3.8, 4) is 0 Å². The Labute approximate surface area is 164 Å². The lowest BCUT2D eigenvalue weighted by Crippen LogP contribution is -2.38. The number of hydrogen-bond acceptors (Lipinski definition) is 5. The highest BCUT2D eigenvalue weighted by atomic mass is 32.2. The molecule has 0 unspecified atom stereocenters. The predicted octanol–water partition coefficient (Wildman–Crippen LogP) is 2.65. The number of fused-ring (bicyclic) bond motifs is 1. The summed E-state index contributed by atoms with van der Waals surface area (Å²) in [5.74, 6) is 4.82. The zero-order chi connectivity index (χ0) is 18.6. The first-order valence-corrected chi connectivity index (χ1v) is 11.0. The van der Waals surface area contributed by atoms with Crippen molar-refractivity contribution in [2.75, 3.05) is 25.4 Å². The number of likely N-dealkylation sites (tertiary alicyclic amines) is 1. The second kappa shape index (κ2) is 8.44. The maximum absolute atomic E-state index is 12.8. The summed E-state index contributed by atoms with van der Waals surface area (Å²) in [6.45, 7) is 6.46. The van der Waals surface area contributed by atoms with Gasteiger partial charge < -0.3 is 14.8 Å². The van der Waals surface area contributed by atoms with E-state index in [0.29, 0.717) is 5.92 Å². The van der Waals surface area contributed by atoms with Crippen LogP contribution in [0.4, 0.5) is 0 Å². The van der Waals surface area contributed by atoms with E-state index in [1.54, 1.807) is 0 Å². The topological polar surface area (TPSA) is 63.1 Å². The van der Waals surface area contributed by atoms with Gasteiger partial charge in [0.15, 0.2) is 0 Å². The van der Waals surface area contributed by atoms with Crippen LogP contribution in [0.1, 0.15) is 53.3 Å². The van der Waals surface area contributed by atoms with Gasteiger partial charge in [-0.05, 0) is 36.3 Å². The summed E-state index contributed by atoms with van der Waals surface area (Å²) >= 11 is 1.90. The highest BCUT2D eigenvalue weighted by Gasteiger charge is 2.29. The lowest BCUT2D eigenvalue weighted by Gasteiger charge is -2.32. The Balaban J connectivity index is 1.36. The number of hydrogen-bond donors (Lipinski definition) is 1. The number of benzene rings is 1. The number of nitrogens with one attached hydrogen (secondary N) is 1. The molecule has 1 N–H and O–H groups in total. The number of piperidine rings is 1. The first kappa shape index (κ1) is 18.5. The largest absolute Gasteiger partial charge is 0.339 e. The molecule has 1 fully saturated rings. The quantitative estimate of drug-likeness (QED) is 0.857. The fourth-order valence-electron chi connectivity index (χ4n) is 3.90. The molecular weight excluding hydrogens is 358 g/mol. The van der Waals surface area contributed by atoms with Crippen LogP contribution in [-0.2, 0) is 18.8 Å². The van der Waals surface area contributed by atoms with Gasteiger partial charge in [-0.3, -0.25) is 4.79 Å². The van der Waals surface area contributed by atoms with Gasteiger partial charge in [0.05, 0.1) is 6.54 Å². The lowest BCUT2D eigenvalue weighted by atomic mass is 9.95. The maximum Gasteiger partial charge on any atom is 0.253 e. The minimum atomic E-state index is 0.149. The number of rotatable bonds is 5. The minimum absolute atomic E-state index is 0.149. The second-order valence-electron chi connectivity index (χ2n) is 7.20. The molecule has 0 radical (unpaired) electrons. The average molecular weight is 386 g/mol. The number of thioether (sulfide) groups is 1. The summed E-state index contributed by atoms with van der Waals surface area (Å²) in [5.41, 5.74) is 2.08. The van der Waals surface area contributed by atoms with Crippen molar-refractivity contribution in [2.24, 2.45) is 0 Å². The molecule has 1 saturated heterocycles. The van der Waals surface area contributed by atoms with Gasteiger partial charge in [0, 0.05) is 43.4 Å². The van der Waals surface area contributed by atoms with Gasteiger partial charge in [-0.2, -0.15) is 11.8 Å². The molecular formula is C20H27N5OS. The van der Waals surface area contributed by atoms with E-state index in [4.69, 9.17) is 0 Å². The molecule has 1 amide bonds. The lowest BCUT2D eigenvalue weighted by molar-refractivity contribution is 0.0710.